The van der Waals surface area contributed by atoms with E-state index in [1.54, 1.807) is 14.2 Å². The summed E-state index contributed by atoms with van der Waals surface area (Å²) >= 11 is 0. The molecule has 4 saturated carbocycles. The summed E-state index contributed by atoms with van der Waals surface area (Å²) in [5, 5.41) is 0.789. The largest absolute Gasteiger partial charge is 0.496 e. The third-order valence-electron chi connectivity index (χ3n) is 6.26. The van der Waals surface area contributed by atoms with Crippen LogP contribution in [0, 0.1) is 23.7 Å². The molecule has 1 unspecified atom stereocenters. The average molecular weight is 320 g/mol. The topological polar surface area (TPSA) is 35.5 Å². The van der Waals surface area contributed by atoms with E-state index in [2.05, 4.69) is 0 Å². The van der Waals surface area contributed by atoms with Gasteiger partial charge in [-0.05, 0) is 67.9 Å². The maximum Gasteiger partial charge on any atom is 0.239 e. The normalized spacial score (nSPS) is 38.7. The minimum atomic E-state index is -2.89. The van der Waals surface area contributed by atoms with Crippen LogP contribution in [0.5, 0.6) is 5.75 Å². The third kappa shape index (κ3) is 2.09. The number of para-hydroxylation sites is 1. The molecule has 4 heteroatoms. The highest BCUT2D eigenvalue weighted by molar-refractivity contribution is 7.68. The van der Waals surface area contributed by atoms with Gasteiger partial charge in [-0.15, -0.1) is 0 Å². The number of rotatable bonds is 4. The molecule has 0 saturated heterocycles. The Bertz CT molecular complexity index is 584. The smallest absolute Gasteiger partial charge is 0.239 e. The zero-order valence-electron chi connectivity index (χ0n) is 13.4. The van der Waals surface area contributed by atoms with Crippen LogP contribution in [-0.2, 0) is 9.09 Å². The maximum atomic E-state index is 14.0. The molecule has 1 aromatic carbocycles. The summed E-state index contributed by atoms with van der Waals surface area (Å²) in [6.45, 7) is 0. The fourth-order valence-corrected chi connectivity index (χ4v) is 8.84. The first-order chi connectivity index (χ1) is 10.7. The van der Waals surface area contributed by atoms with Crippen molar-refractivity contribution in [3.05, 3.63) is 24.3 Å². The molecular formula is C18H25O3P. The van der Waals surface area contributed by atoms with Crippen LogP contribution < -0.4 is 10.0 Å². The first kappa shape index (κ1) is 14.8. The van der Waals surface area contributed by atoms with Gasteiger partial charge in [0.05, 0.1) is 12.4 Å². The predicted octanol–water partition coefficient (Wildman–Crippen LogP) is 4.07. The second-order valence-electron chi connectivity index (χ2n) is 7.37. The minimum Gasteiger partial charge on any atom is -0.496 e. The lowest BCUT2D eigenvalue weighted by Crippen LogP contribution is -2.49. The van der Waals surface area contributed by atoms with E-state index in [1.807, 2.05) is 24.3 Å². The monoisotopic (exact) mass is 320 g/mol. The maximum absolute atomic E-state index is 14.0. The van der Waals surface area contributed by atoms with Crippen molar-refractivity contribution < 1.29 is 13.8 Å². The van der Waals surface area contributed by atoms with E-state index in [9.17, 15) is 4.57 Å². The van der Waals surface area contributed by atoms with Crippen molar-refractivity contribution in [1.82, 2.24) is 0 Å². The molecule has 1 atom stereocenters. The Morgan fingerprint density at radius 2 is 1.55 bits per heavy atom. The number of hydrogen-bond donors (Lipinski definition) is 0. The Kier molecular flexibility index (Phi) is 3.62. The van der Waals surface area contributed by atoms with Gasteiger partial charge in [0, 0.05) is 12.8 Å². The van der Waals surface area contributed by atoms with Crippen LogP contribution in [0.15, 0.2) is 24.3 Å². The van der Waals surface area contributed by atoms with Gasteiger partial charge in [0.2, 0.25) is 7.37 Å². The highest BCUT2D eigenvalue weighted by Gasteiger charge is 2.55. The van der Waals surface area contributed by atoms with E-state index in [1.165, 1.54) is 32.1 Å². The van der Waals surface area contributed by atoms with Crippen molar-refractivity contribution in [3.63, 3.8) is 0 Å². The van der Waals surface area contributed by atoms with Gasteiger partial charge in [-0.3, -0.25) is 4.57 Å². The van der Waals surface area contributed by atoms with E-state index in [0.29, 0.717) is 17.6 Å². The van der Waals surface area contributed by atoms with Crippen molar-refractivity contribution in [3.8, 4) is 5.75 Å². The molecule has 0 N–H and O–H groups in total. The SMILES string of the molecule is COc1ccccc1P(=O)(OC)C1C2CC3CC(C2)CC1C3. The standard InChI is InChI=1S/C18H25O3P/c1-20-16-5-3-4-6-17(16)22(19,21-2)18-14-8-12-7-13(10-14)11-15(18)9-12/h3-6,12-15,18H,7-11H2,1-2H3. The van der Waals surface area contributed by atoms with Gasteiger partial charge >= 0.3 is 0 Å². The Labute approximate surface area is 132 Å². The predicted molar refractivity (Wildman–Crippen MR) is 88.1 cm³/mol. The van der Waals surface area contributed by atoms with Gasteiger partial charge in [-0.2, -0.15) is 0 Å². The van der Waals surface area contributed by atoms with E-state index < -0.39 is 7.37 Å². The summed E-state index contributed by atoms with van der Waals surface area (Å²) in [6, 6.07) is 7.71. The highest BCUT2D eigenvalue weighted by Crippen LogP contribution is 2.67. The number of benzene rings is 1. The lowest BCUT2D eigenvalue weighted by molar-refractivity contribution is 0.0201. The quantitative estimate of drug-likeness (QED) is 0.785. The molecule has 0 radical (unpaired) electrons. The molecule has 120 valence electrons. The third-order valence-corrected chi connectivity index (χ3v) is 9.47. The van der Waals surface area contributed by atoms with Gasteiger partial charge in [0.25, 0.3) is 0 Å². The van der Waals surface area contributed by atoms with Gasteiger partial charge in [0.1, 0.15) is 5.75 Å². The second-order valence-corrected chi connectivity index (χ2v) is 10.0. The van der Waals surface area contributed by atoms with Crippen molar-refractivity contribution >= 4 is 12.7 Å². The number of ether oxygens (including phenoxy) is 1. The van der Waals surface area contributed by atoms with Crippen LogP contribution in [0.1, 0.15) is 32.1 Å². The minimum absolute atomic E-state index is 0.196. The van der Waals surface area contributed by atoms with Crippen molar-refractivity contribution in [2.24, 2.45) is 23.7 Å². The molecule has 4 aliphatic carbocycles. The average Bonchev–Trinajstić information content (AvgIpc) is 2.53. The molecular weight excluding hydrogens is 295 g/mol. The number of methoxy groups -OCH3 is 1. The highest BCUT2D eigenvalue weighted by atomic mass is 31.2. The molecule has 0 spiro atoms. The van der Waals surface area contributed by atoms with E-state index >= 15 is 0 Å². The van der Waals surface area contributed by atoms with Crippen molar-refractivity contribution in [2.45, 2.75) is 37.8 Å². The molecule has 0 amide bonds. The van der Waals surface area contributed by atoms with Crippen LogP contribution in [0.25, 0.3) is 0 Å². The fourth-order valence-electron chi connectivity index (χ4n) is 5.72. The zero-order chi connectivity index (χ0) is 15.3. The molecule has 0 heterocycles. The van der Waals surface area contributed by atoms with Crippen LogP contribution in [0.4, 0.5) is 0 Å². The van der Waals surface area contributed by atoms with Gasteiger partial charge < -0.3 is 9.26 Å². The van der Waals surface area contributed by atoms with E-state index in [-0.39, 0.29) is 5.66 Å². The van der Waals surface area contributed by atoms with Crippen LogP contribution in [-0.4, -0.2) is 19.9 Å². The first-order valence-electron chi connectivity index (χ1n) is 8.44. The Hall–Kier alpha value is -0.790. The Morgan fingerprint density at radius 3 is 2.09 bits per heavy atom. The van der Waals surface area contributed by atoms with Crippen LogP contribution in [0.3, 0.4) is 0 Å². The van der Waals surface area contributed by atoms with Crippen molar-refractivity contribution in [1.29, 1.82) is 0 Å². The lowest BCUT2D eigenvalue weighted by atomic mass is 9.56. The summed E-state index contributed by atoms with van der Waals surface area (Å²) in [7, 11) is 0.381. The zero-order valence-corrected chi connectivity index (χ0v) is 14.3. The summed E-state index contributed by atoms with van der Waals surface area (Å²) in [5.41, 5.74) is 0.196. The van der Waals surface area contributed by atoms with E-state index in [0.717, 1.165) is 17.1 Å². The molecule has 3 nitrogen and oxygen atoms in total. The number of hydrogen-bond acceptors (Lipinski definition) is 3. The molecule has 0 aromatic heterocycles. The van der Waals surface area contributed by atoms with E-state index in [4.69, 9.17) is 9.26 Å². The fraction of sp³-hybridized carbons (Fsp3) is 0.667. The van der Waals surface area contributed by atoms with Crippen molar-refractivity contribution in [2.75, 3.05) is 14.2 Å². The summed E-state index contributed by atoms with van der Waals surface area (Å²) in [4.78, 5) is 0. The molecule has 0 aliphatic heterocycles. The summed E-state index contributed by atoms with van der Waals surface area (Å²) in [6.07, 6.45) is 6.41. The molecule has 5 rings (SSSR count). The van der Waals surface area contributed by atoms with Gasteiger partial charge in [-0.25, -0.2) is 0 Å². The molecule has 4 fully saturated rings. The Balaban J connectivity index is 1.76. The first-order valence-corrected chi connectivity index (χ1v) is 10.1. The molecule has 4 bridgehead atoms. The van der Waals surface area contributed by atoms with Gasteiger partial charge in [0.15, 0.2) is 0 Å². The van der Waals surface area contributed by atoms with Crippen LogP contribution in [0.2, 0.25) is 0 Å². The molecule has 4 aliphatic rings. The Morgan fingerprint density at radius 1 is 0.955 bits per heavy atom. The van der Waals surface area contributed by atoms with Gasteiger partial charge in [-0.1, -0.05) is 12.1 Å². The lowest BCUT2D eigenvalue weighted by Gasteiger charge is -2.55. The summed E-state index contributed by atoms with van der Waals surface area (Å²) < 4.78 is 25.2. The molecule has 1 aromatic rings. The molecule has 22 heavy (non-hydrogen) atoms. The van der Waals surface area contributed by atoms with Crippen LogP contribution >= 0.6 is 7.37 Å². The summed E-state index contributed by atoms with van der Waals surface area (Å²) in [5.74, 6) is 3.61. The second kappa shape index (κ2) is 5.39.